The second kappa shape index (κ2) is 5.69. The Morgan fingerprint density at radius 2 is 1.95 bits per heavy atom. The quantitative estimate of drug-likeness (QED) is 0.860. The third-order valence-corrected chi connectivity index (χ3v) is 2.84. The fourth-order valence-corrected chi connectivity index (χ4v) is 1.68. The summed E-state index contributed by atoms with van der Waals surface area (Å²) < 4.78 is 37.1. The predicted octanol–water partition coefficient (Wildman–Crippen LogP) is 3.71. The topological polar surface area (TPSA) is 54.9 Å². The first-order chi connectivity index (χ1) is 9.77. The smallest absolute Gasteiger partial charge is 0.319 e. The van der Waals surface area contributed by atoms with Crippen molar-refractivity contribution in [3.8, 4) is 0 Å². The second-order valence-corrected chi connectivity index (χ2v) is 4.59. The van der Waals surface area contributed by atoms with Crippen molar-refractivity contribution in [2.24, 2.45) is 0 Å². The normalized spacial score (nSPS) is 11.3. The van der Waals surface area contributed by atoms with Crippen LogP contribution in [0.15, 0.2) is 30.6 Å². The molecule has 2 rings (SSSR count). The van der Waals surface area contributed by atoms with E-state index in [9.17, 15) is 18.0 Å². The van der Waals surface area contributed by atoms with Gasteiger partial charge in [-0.25, -0.2) is 4.98 Å². The second-order valence-electron chi connectivity index (χ2n) is 4.24. The number of amides is 1. The minimum Gasteiger partial charge on any atom is -0.319 e. The van der Waals surface area contributed by atoms with Crippen LogP contribution >= 0.6 is 11.6 Å². The maximum Gasteiger partial charge on any atom is 0.433 e. The first-order valence-electron chi connectivity index (χ1n) is 5.74. The highest BCUT2D eigenvalue weighted by Gasteiger charge is 2.32. The predicted molar refractivity (Wildman–Crippen MR) is 71.2 cm³/mol. The number of hydrogen-bond donors (Lipinski definition) is 1. The molecule has 2 heterocycles. The number of halogens is 4. The molecule has 0 bridgehead atoms. The van der Waals surface area contributed by atoms with Gasteiger partial charge in [-0.1, -0.05) is 11.6 Å². The number of carbonyl (C=O) groups is 1. The van der Waals surface area contributed by atoms with Gasteiger partial charge >= 0.3 is 6.18 Å². The molecule has 0 aromatic carbocycles. The zero-order valence-corrected chi connectivity index (χ0v) is 11.5. The van der Waals surface area contributed by atoms with Gasteiger partial charge in [0, 0.05) is 12.4 Å². The fraction of sp³-hybridized carbons (Fsp3) is 0.154. The van der Waals surface area contributed by atoms with Crippen molar-refractivity contribution in [2.75, 3.05) is 5.32 Å². The zero-order chi connectivity index (χ0) is 15.6. The minimum atomic E-state index is -4.54. The lowest BCUT2D eigenvalue weighted by Crippen LogP contribution is -2.14. The molecule has 21 heavy (non-hydrogen) atoms. The van der Waals surface area contributed by atoms with E-state index in [0.717, 1.165) is 23.9 Å². The van der Waals surface area contributed by atoms with E-state index < -0.39 is 17.8 Å². The van der Waals surface area contributed by atoms with E-state index >= 15 is 0 Å². The van der Waals surface area contributed by atoms with Crippen molar-refractivity contribution in [1.82, 2.24) is 9.97 Å². The number of rotatable bonds is 2. The van der Waals surface area contributed by atoms with Crippen LogP contribution in [0.2, 0.25) is 5.15 Å². The van der Waals surface area contributed by atoms with Gasteiger partial charge in [-0.3, -0.25) is 9.78 Å². The number of aromatic nitrogens is 2. The number of hydrogen-bond acceptors (Lipinski definition) is 3. The zero-order valence-electron chi connectivity index (χ0n) is 10.7. The molecule has 110 valence electrons. The molecule has 0 atom stereocenters. The van der Waals surface area contributed by atoms with Gasteiger partial charge in [-0.05, 0) is 30.7 Å². The van der Waals surface area contributed by atoms with Crippen molar-refractivity contribution in [2.45, 2.75) is 13.1 Å². The van der Waals surface area contributed by atoms with Crippen molar-refractivity contribution >= 4 is 23.2 Å². The number of anilines is 1. The summed E-state index contributed by atoms with van der Waals surface area (Å²) in [5, 5.41) is 2.56. The lowest BCUT2D eigenvalue weighted by atomic mass is 10.2. The Bertz CT molecular complexity index is 671. The Labute approximate surface area is 123 Å². The number of pyridine rings is 2. The summed E-state index contributed by atoms with van der Waals surface area (Å²) in [7, 11) is 0. The van der Waals surface area contributed by atoms with E-state index in [4.69, 9.17) is 11.6 Å². The molecule has 0 aliphatic heterocycles. The molecular weight excluding hydrogens is 307 g/mol. The van der Waals surface area contributed by atoms with Crippen molar-refractivity contribution in [3.63, 3.8) is 0 Å². The molecular formula is C13H9ClF3N3O. The van der Waals surface area contributed by atoms with Crippen LogP contribution in [0.5, 0.6) is 0 Å². The number of nitrogens with one attached hydrogen (secondary N) is 1. The van der Waals surface area contributed by atoms with E-state index in [1.165, 1.54) is 6.20 Å². The maximum absolute atomic E-state index is 12.4. The number of carbonyl (C=O) groups excluding carboxylic acids is 1. The fourth-order valence-electron chi connectivity index (χ4n) is 1.53. The summed E-state index contributed by atoms with van der Waals surface area (Å²) in [4.78, 5) is 19.0. The van der Waals surface area contributed by atoms with Gasteiger partial charge in [-0.2, -0.15) is 13.2 Å². The summed E-state index contributed by atoms with van der Waals surface area (Å²) in [6.07, 6.45) is -2.16. The van der Waals surface area contributed by atoms with Gasteiger partial charge < -0.3 is 5.32 Å². The van der Waals surface area contributed by atoms with Gasteiger partial charge in [0.05, 0.1) is 11.3 Å². The molecule has 2 aromatic rings. The number of nitrogens with zero attached hydrogens (tertiary/aromatic N) is 2. The van der Waals surface area contributed by atoms with Gasteiger partial charge in [0.25, 0.3) is 5.91 Å². The van der Waals surface area contributed by atoms with E-state index in [0.29, 0.717) is 0 Å². The molecule has 2 aromatic heterocycles. The standard InChI is InChI=1S/C13H9ClF3N3O/c1-7-4-9(11(14)19-5-7)20-12(21)8-2-3-10(18-6-8)13(15,16)17/h2-6H,1H3,(H,20,21). The van der Waals surface area contributed by atoms with Crippen molar-refractivity contribution < 1.29 is 18.0 Å². The Balaban J connectivity index is 2.19. The van der Waals surface area contributed by atoms with Gasteiger partial charge in [0.2, 0.25) is 0 Å². The highest BCUT2D eigenvalue weighted by molar-refractivity contribution is 6.32. The first-order valence-corrected chi connectivity index (χ1v) is 6.12. The number of aryl methyl sites for hydroxylation is 1. The molecule has 0 aliphatic carbocycles. The summed E-state index contributed by atoms with van der Waals surface area (Å²) in [5.74, 6) is -0.620. The molecule has 0 saturated carbocycles. The number of alkyl halides is 3. The van der Waals surface area contributed by atoms with Crippen LogP contribution in [0, 0.1) is 6.92 Å². The van der Waals surface area contributed by atoms with Crippen molar-refractivity contribution in [3.05, 3.63) is 52.6 Å². The van der Waals surface area contributed by atoms with E-state index in [-0.39, 0.29) is 16.4 Å². The maximum atomic E-state index is 12.4. The van der Waals surface area contributed by atoms with Crippen LogP contribution in [0.25, 0.3) is 0 Å². The molecule has 0 spiro atoms. The van der Waals surface area contributed by atoms with E-state index in [2.05, 4.69) is 15.3 Å². The molecule has 0 saturated heterocycles. The third kappa shape index (κ3) is 3.69. The highest BCUT2D eigenvalue weighted by Crippen LogP contribution is 2.27. The molecule has 0 radical (unpaired) electrons. The Kier molecular flexibility index (Phi) is 4.13. The molecule has 1 amide bonds. The summed E-state index contributed by atoms with van der Waals surface area (Å²) in [6.45, 7) is 1.76. The molecule has 8 heteroatoms. The summed E-state index contributed by atoms with van der Waals surface area (Å²) in [5.41, 5.74) is -0.0170. The van der Waals surface area contributed by atoms with Gasteiger partial charge in [-0.15, -0.1) is 0 Å². The first kappa shape index (κ1) is 15.2. The lowest BCUT2D eigenvalue weighted by Gasteiger charge is -2.08. The largest absolute Gasteiger partial charge is 0.433 e. The van der Waals surface area contributed by atoms with Crippen LogP contribution in [0.4, 0.5) is 18.9 Å². The van der Waals surface area contributed by atoms with Gasteiger partial charge in [0.1, 0.15) is 5.69 Å². The Hall–Kier alpha value is -2.15. The molecule has 0 unspecified atom stereocenters. The van der Waals surface area contributed by atoms with E-state index in [1.54, 1.807) is 13.0 Å². The van der Waals surface area contributed by atoms with Crippen LogP contribution in [-0.2, 0) is 6.18 Å². The average molecular weight is 316 g/mol. The highest BCUT2D eigenvalue weighted by atomic mass is 35.5. The minimum absolute atomic E-state index is 0.0134. The lowest BCUT2D eigenvalue weighted by molar-refractivity contribution is -0.141. The third-order valence-electron chi connectivity index (χ3n) is 2.54. The van der Waals surface area contributed by atoms with Gasteiger partial charge in [0.15, 0.2) is 5.15 Å². The van der Waals surface area contributed by atoms with E-state index in [1.807, 2.05) is 0 Å². The summed E-state index contributed by atoms with van der Waals surface area (Å²) in [6, 6.07) is 3.39. The van der Waals surface area contributed by atoms with Crippen LogP contribution in [0.1, 0.15) is 21.6 Å². The van der Waals surface area contributed by atoms with Crippen molar-refractivity contribution in [1.29, 1.82) is 0 Å². The van der Waals surface area contributed by atoms with Crippen LogP contribution in [-0.4, -0.2) is 15.9 Å². The van der Waals surface area contributed by atoms with Crippen LogP contribution in [0.3, 0.4) is 0 Å². The molecule has 4 nitrogen and oxygen atoms in total. The molecule has 0 fully saturated rings. The monoisotopic (exact) mass is 315 g/mol. The Morgan fingerprint density at radius 1 is 1.24 bits per heavy atom. The van der Waals surface area contributed by atoms with Crippen LogP contribution < -0.4 is 5.32 Å². The molecule has 1 N–H and O–H groups in total. The molecule has 0 aliphatic rings. The average Bonchev–Trinajstić information content (AvgIpc) is 2.42. The SMILES string of the molecule is Cc1cnc(Cl)c(NC(=O)c2ccc(C(F)(F)F)nc2)c1. The Morgan fingerprint density at radius 3 is 2.52 bits per heavy atom. The summed E-state index contributed by atoms with van der Waals surface area (Å²) >= 11 is 5.82.